The van der Waals surface area contributed by atoms with Crippen LogP contribution in [0, 0.1) is 13.8 Å². The number of halogens is 1. The van der Waals surface area contributed by atoms with Crippen molar-refractivity contribution < 1.29 is 13.2 Å². The summed E-state index contributed by atoms with van der Waals surface area (Å²) in [5.74, 6) is 0.641. The van der Waals surface area contributed by atoms with Crippen LogP contribution in [-0.2, 0) is 10.0 Å². The summed E-state index contributed by atoms with van der Waals surface area (Å²) in [5.41, 5.74) is 2.13. The van der Waals surface area contributed by atoms with Crippen molar-refractivity contribution in [1.29, 1.82) is 0 Å². The SMILES string of the molecule is COc1cc(C)c(S(=O)(=O)Nc2nnc(-c3ccc(Cl)cc3)s2)cc1C. The molecular formula is C17H16ClN3O3S2. The van der Waals surface area contributed by atoms with E-state index in [1.54, 1.807) is 57.4 Å². The Morgan fingerprint density at radius 3 is 2.42 bits per heavy atom. The van der Waals surface area contributed by atoms with E-state index in [9.17, 15) is 8.42 Å². The van der Waals surface area contributed by atoms with Gasteiger partial charge in [0.25, 0.3) is 10.0 Å². The third kappa shape index (κ3) is 3.82. The monoisotopic (exact) mass is 409 g/mol. The molecule has 0 bridgehead atoms. The van der Waals surface area contributed by atoms with Crippen molar-refractivity contribution in [3.05, 3.63) is 52.5 Å². The summed E-state index contributed by atoms with van der Waals surface area (Å²) in [4.78, 5) is 0.180. The van der Waals surface area contributed by atoms with Crippen LogP contribution in [0.2, 0.25) is 5.02 Å². The van der Waals surface area contributed by atoms with Crippen LogP contribution in [0.3, 0.4) is 0 Å². The lowest BCUT2D eigenvalue weighted by molar-refractivity contribution is 0.411. The average Bonchev–Trinajstić information content (AvgIpc) is 3.04. The first-order chi connectivity index (χ1) is 12.3. The van der Waals surface area contributed by atoms with Gasteiger partial charge in [0.05, 0.1) is 12.0 Å². The van der Waals surface area contributed by atoms with Crippen LogP contribution in [0.4, 0.5) is 5.13 Å². The Morgan fingerprint density at radius 1 is 1.08 bits per heavy atom. The highest BCUT2D eigenvalue weighted by atomic mass is 35.5. The highest BCUT2D eigenvalue weighted by Gasteiger charge is 2.21. The number of ether oxygens (including phenoxy) is 1. The Morgan fingerprint density at radius 2 is 1.77 bits per heavy atom. The molecule has 0 unspecified atom stereocenters. The fourth-order valence-electron chi connectivity index (χ4n) is 2.42. The summed E-state index contributed by atoms with van der Waals surface area (Å²) < 4.78 is 33.2. The molecule has 1 heterocycles. The number of nitrogens with zero attached hydrogens (tertiary/aromatic N) is 2. The zero-order valence-corrected chi connectivity index (χ0v) is 16.7. The lowest BCUT2D eigenvalue weighted by Gasteiger charge is -2.12. The molecule has 0 atom stereocenters. The molecule has 0 saturated carbocycles. The quantitative estimate of drug-likeness (QED) is 0.679. The summed E-state index contributed by atoms with van der Waals surface area (Å²) in [6.45, 7) is 3.51. The van der Waals surface area contributed by atoms with Gasteiger partial charge >= 0.3 is 0 Å². The van der Waals surface area contributed by atoms with Gasteiger partial charge in [0.2, 0.25) is 5.13 Å². The normalized spacial score (nSPS) is 11.4. The van der Waals surface area contributed by atoms with Crippen molar-refractivity contribution in [3.63, 3.8) is 0 Å². The molecule has 0 spiro atoms. The maximum absolute atomic E-state index is 12.7. The molecule has 3 rings (SSSR count). The number of rotatable bonds is 5. The van der Waals surface area contributed by atoms with Gasteiger partial charge in [-0.05, 0) is 49.2 Å². The van der Waals surface area contributed by atoms with Gasteiger partial charge in [0, 0.05) is 10.6 Å². The molecule has 0 amide bonds. The van der Waals surface area contributed by atoms with Gasteiger partial charge in [-0.25, -0.2) is 8.42 Å². The van der Waals surface area contributed by atoms with Gasteiger partial charge in [-0.2, -0.15) is 0 Å². The number of benzene rings is 2. The van der Waals surface area contributed by atoms with Crippen molar-refractivity contribution >= 4 is 38.1 Å². The molecule has 1 N–H and O–H groups in total. The molecule has 0 aliphatic rings. The van der Waals surface area contributed by atoms with Crippen LogP contribution in [0.25, 0.3) is 10.6 Å². The Kier molecular flexibility index (Phi) is 5.17. The first kappa shape index (κ1) is 18.6. The molecule has 136 valence electrons. The molecule has 6 nitrogen and oxygen atoms in total. The van der Waals surface area contributed by atoms with E-state index in [0.717, 1.165) is 22.5 Å². The standard InChI is InChI=1S/C17H16ClN3O3S2/c1-10-9-15(11(2)8-14(10)24-3)26(22,23)21-17-20-19-16(25-17)12-4-6-13(18)7-5-12/h4-9H,1-3H3,(H,20,21). The van der Waals surface area contributed by atoms with Gasteiger partial charge in [-0.3, -0.25) is 4.72 Å². The van der Waals surface area contributed by atoms with Crippen LogP contribution in [-0.4, -0.2) is 25.7 Å². The Labute approximate surface area is 160 Å². The number of methoxy groups -OCH3 is 1. The maximum Gasteiger partial charge on any atom is 0.263 e. The van der Waals surface area contributed by atoms with Gasteiger partial charge in [-0.15, -0.1) is 10.2 Å². The van der Waals surface area contributed by atoms with Gasteiger partial charge < -0.3 is 4.74 Å². The molecule has 9 heteroatoms. The van der Waals surface area contributed by atoms with Crippen molar-refractivity contribution in [2.24, 2.45) is 0 Å². The first-order valence-corrected chi connectivity index (χ1v) is 10.3. The van der Waals surface area contributed by atoms with Crippen molar-refractivity contribution in [1.82, 2.24) is 10.2 Å². The Bertz CT molecular complexity index is 1050. The van der Waals surface area contributed by atoms with Crippen LogP contribution in [0.1, 0.15) is 11.1 Å². The van der Waals surface area contributed by atoms with Crippen molar-refractivity contribution in [2.75, 3.05) is 11.8 Å². The molecule has 2 aromatic carbocycles. The van der Waals surface area contributed by atoms with E-state index in [4.69, 9.17) is 16.3 Å². The van der Waals surface area contributed by atoms with E-state index in [2.05, 4.69) is 14.9 Å². The Hall–Kier alpha value is -2.16. The van der Waals surface area contributed by atoms with Crippen molar-refractivity contribution in [2.45, 2.75) is 18.7 Å². The number of hydrogen-bond acceptors (Lipinski definition) is 6. The molecule has 0 fully saturated rings. The van der Waals surface area contributed by atoms with Crippen LogP contribution < -0.4 is 9.46 Å². The second kappa shape index (κ2) is 7.22. The number of nitrogens with one attached hydrogen (secondary N) is 1. The minimum absolute atomic E-state index is 0.180. The zero-order chi connectivity index (χ0) is 18.9. The highest BCUT2D eigenvalue weighted by molar-refractivity contribution is 7.93. The van der Waals surface area contributed by atoms with E-state index in [1.165, 1.54) is 0 Å². The van der Waals surface area contributed by atoms with Crippen LogP contribution in [0.15, 0.2) is 41.3 Å². The molecular weight excluding hydrogens is 394 g/mol. The van der Waals surface area contributed by atoms with Crippen molar-refractivity contribution in [3.8, 4) is 16.3 Å². The topological polar surface area (TPSA) is 81.2 Å². The van der Waals surface area contributed by atoms with Crippen LogP contribution >= 0.6 is 22.9 Å². The molecule has 0 aliphatic carbocycles. The number of aromatic nitrogens is 2. The average molecular weight is 410 g/mol. The van der Waals surface area contributed by atoms with E-state index >= 15 is 0 Å². The largest absolute Gasteiger partial charge is 0.496 e. The summed E-state index contributed by atoms with van der Waals surface area (Å²) in [6.07, 6.45) is 0. The molecule has 1 aromatic heterocycles. The van der Waals surface area contributed by atoms with E-state index in [1.807, 2.05) is 0 Å². The molecule has 0 radical (unpaired) electrons. The second-order valence-electron chi connectivity index (χ2n) is 5.61. The Balaban J connectivity index is 1.89. The summed E-state index contributed by atoms with van der Waals surface area (Å²) in [5, 5.41) is 9.38. The first-order valence-electron chi connectivity index (χ1n) is 7.57. The fraction of sp³-hybridized carbons (Fsp3) is 0.176. The summed E-state index contributed by atoms with van der Waals surface area (Å²) in [6, 6.07) is 10.4. The van der Waals surface area contributed by atoms with E-state index < -0.39 is 10.0 Å². The second-order valence-corrected chi connectivity index (χ2v) is 8.68. The maximum atomic E-state index is 12.7. The highest BCUT2D eigenvalue weighted by Crippen LogP contribution is 2.30. The molecule has 0 saturated heterocycles. The predicted molar refractivity (Wildman–Crippen MR) is 104 cm³/mol. The molecule has 0 aliphatic heterocycles. The molecule has 3 aromatic rings. The minimum atomic E-state index is -3.79. The molecule has 26 heavy (non-hydrogen) atoms. The van der Waals surface area contributed by atoms with E-state index in [0.29, 0.717) is 21.3 Å². The van der Waals surface area contributed by atoms with Gasteiger partial charge in [-0.1, -0.05) is 35.1 Å². The fourth-order valence-corrected chi connectivity index (χ4v) is 4.83. The number of hydrogen-bond donors (Lipinski definition) is 1. The van der Waals surface area contributed by atoms with Crippen LogP contribution in [0.5, 0.6) is 5.75 Å². The lowest BCUT2D eigenvalue weighted by atomic mass is 10.1. The minimum Gasteiger partial charge on any atom is -0.496 e. The predicted octanol–water partition coefficient (Wildman–Crippen LogP) is 4.28. The summed E-state index contributed by atoms with van der Waals surface area (Å²) in [7, 11) is -2.24. The number of sulfonamides is 1. The smallest absolute Gasteiger partial charge is 0.263 e. The summed E-state index contributed by atoms with van der Waals surface area (Å²) >= 11 is 7.03. The zero-order valence-electron chi connectivity index (χ0n) is 14.3. The van der Waals surface area contributed by atoms with Gasteiger partial charge in [0.15, 0.2) is 0 Å². The third-order valence-corrected chi connectivity index (χ3v) is 6.47. The third-order valence-electron chi connectivity index (χ3n) is 3.72. The van der Waals surface area contributed by atoms with Gasteiger partial charge in [0.1, 0.15) is 10.8 Å². The number of aryl methyl sites for hydroxylation is 2. The lowest BCUT2D eigenvalue weighted by Crippen LogP contribution is -2.14. The number of anilines is 1. The van der Waals surface area contributed by atoms with E-state index in [-0.39, 0.29) is 10.0 Å².